The van der Waals surface area contributed by atoms with E-state index in [9.17, 15) is 9.59 Å². The van der Waals surface area contributed by atoms with Gasteiger partial charge in [0, 0.05) is 25.2 Å². The van der Waals surface area contributed by atoms with Crippen LogP contribution in [0.5, 0.6) is 0 Å². The molecule has 2 fully saturated rings. The van der Waals surface area contributed by atoms with Crippen molar-refractivity contribution in [3.8, 4) is 0 Å². The molecule has 2 saturated heterocycles. The smallest absolute Gasteiger partial charge is 0.261 e. The number of nitrogens with zero attached hydrogens (tertiary/aromatic N) is 1. The van der Waals surface area contributed by atoms with Gasteiger partial charge in [0.1, 0.15) is 5.56 Å². The summed E-state index contributed by atoms with van der Waals surface area (Å²) in [5, 5.41) is 4.32. The van der Waals surface area contributed by atoms with E-state index in [1.165, 1.54) is 6.42 Å². The molecule has 0 radical (unpaired) electrons. The lowest BCUT2D eigenvalue weighted by Crippen LogP contribution is -2.45. The number of halogens is 1. The molecule has 2 aliphatic rings. The van der Waals surface area contributed by atoms with Gasteiger partial charge in [0.25, 0.3) is 11.5 Å². The third-order valence-corrected chi connectivity index (χ3v) is 5.43. The number of H-pyrrole nitrogens is 1. The largest absolute Gasteiger partial charge is 0.338 e. The lowest BCUT2D eigenvalue weighted by molar-refractivity contribution is 0.0606. The SMILES string of the molecule is Cl.O=C(c1cc2ccccc2[nH]c1=O)N1CCC2(CCNC2)CC1. The predicted molar refractivity (Wildman–Crippen MR) is 96.9 cm³/mol. The molecule has 4 rings (SSSR count). The van der Waals surface area contributed by atoms with Crippen molar-refractivity contribution in [2.24, 2.45) is 5.41 Å². The minimum absolute atomic E-state index is 0. The summed E-state index contributed by atoms with van der Waals surface area (Å²) in [6.45, 7) is 3.63. The van der Waals surface area contributed by atoms with Crippen LogP contribution in [-0.2, 0) is 0 Å². The van der Waals surface area contributed by atoms with Gasteiger partial charge in [-0.25, -0.2) is 0 Å². The first-order chi connectivity index (χ1) is 11.2. The van der Waals surface area contributed by atoms with Crippen molar-refractivity contribution in [3.05, 3.63) is 46.2 Å². The molecule has 0 bridgehead atoms. The van der Waals surface area contributed by atoms with Crippen LogP contribution >= 0.6 is 12.4 Å². The van der Waals surface area contributed by atoms with Gasteiger partial charge in [-0.3, -0.25) is 9.59 Å². The van der Waals surface area contributed by atoms with E-state index in [1.54, 1.807) is 6.07 Å². The Morgan fingerprint density at radius 1 is 1.12 bits per heavy atom. The second kappa shape index (κ2) is 6.57. The Bertz CT molecular complexity index is 801. The molecule has 3 heterocycles. The maximum atomic E-state index is 12.8. The van der Waals surface area contributed by atoms with E-state index < -0.39 is 0 Å². The van der Waals surface area contributed by atoms with Gasteiger partial charge in [0.15, 0.2) is 0 Å². The van der Waals surface area contributed by atoms with Gasteiger partial charge in [-0.2, -0.15) is 0 Å². The molecular formula is C18H22ClN3O2. The van der Waals surface area contributed by atoms with Crippen molar-refractivity contribution >= 4 is 29.2 Å². The van der Waals surface area contributed by atoms with Gasteiger partial charge >= 0.3 is 0 Å². The number of benzene rings is 1. The van der Waals surface area contributed by atoms with Gasteiger partial charge in [-0.15, -0.1) is 12.4 Å². The molecule has 2 N–H and O–H groups in total. The van der Waals surface area contributed by atoms with Crippen molar-refractivity contribution in [1.82, 2.24) is 15.2 Å². The molecule has 6 heteroatoms. The van der Waals surface area contributed by atoms with E-state index in [4.69, 9.17) is 0 Å². The normalized spacial score (nSPS) is 19.4. The van der Waals surface area contributed by atoms with E-state index in [0.29, 0.717) is 5.41 Å². The Hall–Kier alpha value is -1.85. The van der Waals surface area contributed by atoms with Gasteiger partial charge < -0.3 is 15.2 Å². The molecule has 1 amide bonds. The van der Waals surface area contributed by atoms with Crippen molar-refractivity contribution < 1.29 is 4.79 Å². The molecule has 1 aromatic carbocycles. The maximum Gasteiger partial charge on any atom is 0.261 e. The maximum absolute atomic E-state index is 12.8. The van der Waals surface area contributed by atoms with Crippen LogP contribution in [0.2, 0.25) is 0 Å². The van der Waals surface area contributed by atoms with Crippen LogP contribution < -0.4 is 10.9 Å². The Morgan fingerprint density at radius 2 is 1.88 bits per heavy atom. The molecule has 0 saturated carbocycles. The molecule has 2 aliphatic heterocycles. The summed E-state index contributed by atoms with van der Waals surface area (Å²) in [4.78, 5) is 29.7. The van der Waals surface area contributed by atoms with Crippen LogP contribution in [-0.4, -0.2) is 42.0 Å². The number of likely N-dealkylation sites (tertiary alicyclic amines) is 1. The molecule has 0 atom stereocenters. The summed E-state index contributed by atoms with van der Waals surface area (Å²) in [6, 6.07) is 9.27. The summed E-state index contributed by atoms with van der Waals surface area (Å²) < 4.78 is 0. The van der Waals surface area contributed by atoms with E-state index >= 15 is 0 Å². The number of hydrogen-bond donors (Lipinski definition) is 2. The standard InChI is InChI=1S/C18H21N3O2.ClH/c22-16-14(11-13-3-1-2-4-15(13)20-16)17(23)21-9-6-18(7-10-21)5-8-19-12-18;/h1-4,11,19H,5-10,12H2,(H,20,22);1H. The zero-order chi connectivity index (χ0) is 15.9. The highest BCUT2D eigenvalue weighted by Crippen LogP contribution is 2.37. The summed E-state index contributed by atoms with van der Waals surface area (Å²) in [5.74, 6) is -0.141. The average Bonchev–Trinajstić information content (AvgIpc) is 3.02. The fraction of sp³-hybridized carbons (Fsp3) is 0.444. The van der Waals surface area contributed by atoms with E-state index in [2.05, 4.69) is 10.3 Å². The average molecular weight is 348 g/mol. The van der Waals surface area contributed by atoms with Gasteiger partial charge in [-0.05, 0) is 48.7 Å². The minimum atomic E-state index is -0.295. The molecule has 24 heavy (non-hydrogen) atoms. The van der Waals surface area contributed by atoms with E-state index in [0.717, 1.165) is 49.9 Å². The summed E-state index contributed by atoms with van der Waals surface area (Å²) >= 11 is 0. The zero-order valence-corrected chi connectivity index (χ0v) is 14.3. The van der Waals surface area contributed by atoms with Crippen LogP contribution in [0.15, 0.2) is 35.1 Å². The number of carbonyl (C=O) groups excluding carboxylic acids is 1. The minimum Gasteiger partial charge on any atom is -0.338 e. The second-order valence-corrected chi connectivity index (χ2v) is 6.82. The summed E-state index contributed by atoms with van der Waals surface area (Å²) in [5.41, 5.74) is 1.09. The van der Waals surface area contributed by atoms with Gasteiger partial charge in [0.05, 0.1) is 0 Å². The predicted octanol–water partition coefficient (Wildman–Crippen LogP) is 2.17. The first-order valence-electron chi connectivity index (χ1n) is 8.29. The fourth-order valence-electron chi connectivity index (χ4n) is 3.88. The van der Waals surface area contributed by atoms with Crippen LogP contribution in [0.1, 0.15) is 29.6 Å². The highest BCUT2D eigenvalue weighted by atomic mass is 35.5. The van der Waals surface area contributed by atoms with Gasteiger partial charge in [-0.1, -0.05) is 18.2 Å². The lowest BCUT2D eigenvalue weighted by Gasteiger charge is -2.38. The summed E-state index contributed by atoms with van der Waals surface area (Å²) in [7, 11) is 0. The Morgan fingerprint density at radius 3 is 2.58 bits per heavy atom. The number of aromatic nitrogens is 1. The number of fused-ring (bicyclic) bond motifs is 1. The number of nitrogens with one attached hydrogen (secondary N) is 2. The molecule has 0 aliphatic carbocycles. The Balaban J connectivity index is 0.00000169. The topological polar surface area (TPSA) is 65.2 Å². The number of carbonyl (C=O) groups is 1. The highest BCUT2D eigenvalue weighted by Gasteiger charge is 2.38. The Kier molecular flexibility index (Phi) is 4.65. The Labute approximate surface area is 146 Å². The number of piperidine rings is 1. The van der Waals surface area contributed by atoms with Gasteiger partial charge in [0.2, 0.25) is 0 Å². The third-order valence-electron chi connectivity index (χ3n) is 5.43. The molecule has 128 valence electrons. The number of aromatic amines is 1. The van der Waals surface area contributed by atoms with Crippen molar-refractivity contribution in [2.45, 2.75) is 19.3 Å². The van der Waals surface area contributed by atoms with E-state index in [1.807, 2.05) is 29.2 Å². The zero-order valence-electron chi connectivity index (χ0n) is 13.5. The first-order valence-corrected chi connectivity index (χ1v) is 8.29. The van der Waals surface area contributed by atoms with Crippen LogP contribution in [0, 0.1) is 5.41 Å². The summed E-state index contributed by atoms with van der Waals surface area (Å²) in [6.07, 6.45) is 3.25. The van der Waals surface area contributed by atoms with Crippen molar-refractivity contribution in [2.75, 3.05) is 26.2 Å². The van der Waals surface area contributed by atoms with Crippen LogP contribution in [0.4, 0.5) is 0 Å². The highest BCUT2D eigenvalue weighted by molar-refractivity contribution is 5.97. The first kappa shape index (κ1) is 17.0. The molecular weight excluding hydrogens is 326 g/mol. The second-order valence-electron chi connectivity index (χ2n) is 6.82. The molecule has 1 aromatic heterocycles. The third kappa shape index (κ3) is 2.94. The van der Waals surface area contributed by atoms with Crippen molar-refractivity contribution in [1.29, 1.82) is 0 Å². The van der Waals surface area contributed by atoms with Crippen LogP contribution in [0.25, 0.3) is 10.9 Å². The lowest BCUT2D eigenvalue weighted by atomic mass is 9.78. The molecule has 2 aromatic rings. The quantitative estimate of drug-likeness (QED) is 0.831. The molecule has 1 spiro atoms. The number of amides is 1. The molecule has 5 nitrogen and oxygen atoms in total. The number of hydrogen-bond acceptors (Lipinski definition) is 3. The van der Waals surface area contributed by atoms with Crippen molar-refractivity contribution in [3.63, 3.8) is 0 Å². The fourth-order valence-corrected chi connectivity index (χ4v) is 3.88. The molecule has 0 unspecified atom stereocenters. The number of rotatable bonds is 1. The number of para-hydroxylation sites is 1. The number of pyridine rings is 1. The monoisotopic (exact) mass is 347 g/mol. The van der Waals surface area contributed by atoms with E-state index in [-0.39, 0.29) is 29.4 Å². The van der Waals surface area contributed by atoms with Crippen LogP contribution in [0.3, 0.4) is 0 Å².